The van der Waals surface area contributed by atoms with E-state index in [1.165, 1.54) is 59.5 Å². The second-order valence-corrected chi connectivity index (χ2v) is 21.2. The third-order valence-electron chi connectivity index (χ3n) is 9.38. The van der Waals surface area contributed by atoms with E-state index in [9.17, 15) is 32.3 Å². The van der Waals surface area contributed by atoms with E-state index >= 15 is 4.39 Å². The Morgan fingerprint density at radius 2 is 0.936 bits per heavy atom. The minimum Gasteiger partial charge on any atom is -0.443 e. The van der Waals surface area contributed by atoms with Crippen LogP contribution in [-0.4, -0.2) is 60.0 Å². The highest BCUT2D eigenvalue weighted by molar-refractivity contribution is 6.13. The van der Waals surface area contributed by atoms with E-state index in [-0.39, 0.29) is 104 Å². The maximum Gasteiger partial charge on any atom is 0.424 e. The van der Waals surface area contributed by atoms with E-state index in [1.54, 1.807) is 78.5 Å². The number of amides is 4. The first kappa shape index (κ1) is 71.0. The minimum absolute atomic E-state index is 0. The fourth-order valence-corrected chi connectivity index (χ4v) is 6.57. The Morgan fingerprint density at radius 1 is 0.615 bits per heavy atom. The van der Waals surface area contributed by atoms with Crippen molar-refractivity contribution < 1.29 is 52.7 Å². The number of aliphatic hydroxyl groups excluding tert-OH is 1. The molecule has 0 aliphatic rings. The number of halogens is 5. The number of benzene rings is 4. The molecule has 0 heterocycles. The van der Waals surface area contributed by atoms with Gasteiger partial charge in [-0.25, -0.2) is 27.2 Å². The number of carbonyl (C=O) groups excluding carboxylic acids is 4. The van der Waals surface area contributed by atoms with Crippen molar-refractivity contribution >= 4 is 70.5 Å². The highest BCUT2D eigenvalue weighted by atomic mass is 35.5. The third kappa shape index (κ3) is 26.9. The summed E-state index contributed by atoms with van der Waals surface area (Å²) in [6, 6.07) is 17.4. The summed E-state index contributed by atoms with van der Waals surface area (Å²) in [5, 5.41) is 12.9. The van der Waals surface area contributed by atoms with Gasteiger partial charge in [0.15, 0.2) is 11.6 Å². The first-order valence-electron chi connectivity index (χ1n) is 25.9. The predicted molar refractivity (Wildman–Crippen MR) is 313 cm³/mol. The topological polar surface area (TPSA) is 167 Å². The van der Waals surface area contributed by atoms with Crippen molar-refractivity contribution in [3.05, 3.63) is 107 Å². The molecular weight excluding hydrogens is 1030 g/mol. The maximum atomic E-state index is 16.7. The monoisotopic (exact) mass is 1110 g/mol. The summed E-state index contributed by atoms with van der Waals surface area (Å²) < 4.78 is 75.4. The van der Waals surface area contributed by atoms with Gasteiger partial charge in [0.25, 0.3) is 0 Å². The SMILES string of the molecule is C#CCN(Cc1ccc(F)cc1)c1ccc(NC(=O)CC(C)(C)C)c(N(C(=O)OC(C)(C)C)C(=O)OC(C)(C)C)c1F.C#CCN(Cc1ccc(F)cc1)c1ccc(NC(=O)CC(C)(C)C)c(N)c1F.CC.CCO.Cl.[2H]CC. The van der Waals surface area contributed by atoms with Gasteiger partial charge in [-0.2, -0.15) is 4.90 Å². The van der Waals surface area contributed by atoms with E-state index in [0.717, 1.165) is 5.56 Å². The van der Waals surface area contributed by atoms with Crippen molar-refractivity contribution in [3.63, 3.8) is 0 Å². The molecule has 0 aliphatic heterocycles. The second kappa shape index (κ2) is 34.0. The lowest BCUT2D eigenvalue weighted by molar-refractivity contribution is -0.118. The number of carbonyl (C=O) groups is 4. The smallest absolute Gasteiger partial charge is 0.424 e. The number of nitrogens with zero attached hydrogens (tertiary/aromatic N) is 3. The Bertz CT molecular complexity index is 2590. The van der Waals surface area contributed by atoms with Crippen molar-refractivity contribution in [2.45, 2.75) is 155 Å². The molecule has 13 nitrogen and oxygen atoms in total. The van der Waals surface area contributed by atoms with Gasteiger partial charge in [0, 0.05) is 33.9 Å². The molecule has 0 atom stereocenters. The number of nitrogens with two attached hydrogens (primary N) is 1. The molecule has 4 aromatic rings. The normalized spacial score (nSPS) is 10.8. The van der Waals surface area contributed by atoms with E-state index < -0.39 is 57.8 Å². The largest absolute Gasteiger partial charge is 0.443 e. The van der Waals surface area contributed by atoms with Crippen molar-refractivity contribution in [1.29, 1.82) is 0 Å². The van der Waals surface area contributed by atoms with Gasteiger partial charge in [-0.3, -0.25) is 9.59 Å². The molecule has 4 rings (SSSR count). The van der Waals surface area contributed by atoms with Crippen LogP contribution in [0.1, 0.15) is 143 Å². The van der Waals surface area contributed by atoms with Gasteiger partial charge in [-0.1, -0.05) is 105 Å². The fraction of sp³-hybridized carbons (Fsp3) is 0.467. The quantitative estimate of drug-likeness (QED) is 0.0575. The van der Waals surface area contributed by atoms with Gasteiger partial charge >= 0.3 is 12.2 Å². The van der Waals surface area contributed by atoms with Crippen LogP contribution in [0.5, 0.6) is 0 Å². The molecule has 78 heavy (non-hydrogen) atoms. The Kier molecular flexibility index (Phi) is 31.0. The average Bonchev–Trinajstić information content (AvgIpc) is 3.29. The number of nitrogens with one attached hydrogen (secondary N) is 2. The average molecular weight is 1110 g/mol. The summed E-state index contributed by atoms with van der Waals surface area (Å²) in [7, 11) is 0. The van der Waals surface area contributed by atoms with Crippen molar-refractivity contribution in [2.24, 2.45) is 10.8 Å². The van der Waals surface area contributed by atoms with Crippen LogP contribution in [0.25, 0.3) is 0 Å². The summed E-state index contributed by atoms with van der Waals surface area (Å²) in [6.07, 6.45) is 8.96. The Labute approximate surface area is 469 Å². The molecule has 0 aromatic heterocycles. The van der Waals surface area contributed by atoms with Crippen LogP contribution in [0.2, 0.25) is 0 Å². The highest BCUT2D eigenvalue weighted by Gasteiger charge is 2.38. The number of anilines is 6. The first-order valence-corrected chi connectivity index (χ1v) is 25.2. The zero-order valence-electron chi connectivity index (χ0n) is 49.5. The molecule has 0 saturated carbocycles. The number of ether oxygens (including phenoxy) is 2. The molecule has 0 bridgehead atoms. The number of nitrogen functional groups attached to an aromatic ring is 1. The summed E-state index contributed by atoms with van der Waals surface area (Å²) in [5.74, 6) is 1.79. The van der Waals surface area contributed by atoms with Crippen molar-refractivity contribution in [1.82, 2.24) is 0 Å². The number of hydrogen-bond acceptors (Lipinski definition) is 10. The van der Waals surface area contributed by atoms with Crippen LogP contribution in [-0.2, 0) is 32.2 Å². The molecule has 0 radical (unpaired) electrons. The van der Waals surface area contributed by atoms with Crippen LogP contribution in [0, 0.1) is 58.8 Å². The lowest BCUT2D eigenvalue weighted by Gasteiger charge is -2.31. The summed E-state index contributed by atoms with van der Waals surface area (Å²) in [6.45, 7) is 29.6. The van der Waals surface area contributed by atoms with Crippen molar-refractivity contribution in [3.8, 4) is 24.7 Å². The van der Waals surface area contributed by atoms with E-state index in [2.05, 4.69) is 22.5 Å². The molecule has 4 amide bonds. The molecule has 5 N–H and O–H groups in total. The number of aliphatic hydroxyl groups is 1. The molecule has 0 unspecified atom stereocenters. The van der Waals surface area contributed by atoms with Gasteiger partial charge < -0.3 is 40.7 Å². The number of rotatable bonds is 13. The Morgan fingerprint density at radius 3 is 1.26 bits per heavy atom. The molecule has 0 aliphatic carbocycles. The minimum atomic E-state index is -1.21. The standard InChI is InChI=1S/C32H41F2N3O5.C22H25F2N3O.C2H6O.2C2H6.ClH/c1-11-18-36(20-21-12-14-22(33)15-13-21)24-17-16-23(35-25(38)19-30(2,3)4)27(26(24)34)37(28(39)41-31(5,6)7)29(40)42-32(8,9)10;1-5-12-27(14-15-6-8-16(23)9-7-15)18-11-10-17(21(25)20(18)24)26-19(28)13-22(2,3)4;1-2-3;2*1-2;/h1,12-17H,18-20H2,2-10H3,(H,35,38);1,6-11H,12-14,25H2,2-4H3,(H,26,28);3H,2H2,1H3;2*1-2H3;1H/i;;;1D;;. The van der Waals surface area contributed by atoms with Crippen LogP contribution in [0.15, 0.2) is 72.8 Å². The molecular formula is C60H85ClF4N6O7. The first-order chi connectivity index (χ1) is 36.1. The van der Waals surface area contributed by atoms with Crippen molar-refractivity contribution in [2.75, 3.05) is 50.8 Å². The molecule has 0 fully saturated rings. The maximum absolute atomic E-state index is 16.7. The highest BCUT2D eigenvalue weighted by Crippen LogP contribution is 2.39. The zero-order valence-corrected chi connectivity index (χ0v) is 49.3. The number of hydrogen-bond donors (Lipinski definition) is 4. The van der Waals surface area contributed by atoms with Gasteiger partial charge in [-0.05, 0) is 119 Å². The summed E-state index contributed by atoms with van der Waals surface area (Å²) in [4.78, 5) is 55.6. The molecule has 18 heteroatoms. The van der Waals surface area contributed by atoms with E-state index in [0.29, 0.717) is 17.4 Å². The zero-order chi connectivity index (χ0) is 60.4. The lowest BCUT2D eigenvalue weighted by Crippen LogP contribution is -2.44. The summed E-state index contributed by atoms with van der Waals surface area (Å²) >= 11 is 0. The van der Waals surface area contributed by atoms with Crippen LogP contribution in [0.4, 0.5) is 61.3 Å². The van der Waals surface area contributed by atoms with E-state index in [1.807, 2.05) is 55.4 Å². The lowest BCUT2D eigenvalue weighted by atomic mass is 9.92. The van der Waals surface area contributed by atoms with Crippen LogP contribution < -0.4 is 31.1 Å². The molecule has 0 saturated heterocycles. The van der Waals surface area contributed by atoms with Crippen LogP contribution in [0.3, 0.4) is 0 Å². The molecule has 4 aromatic carbocycles. The molecule has 432 valence electrons. The number of terminal acetylenes is 2. The van der Waals surface area contributed by atoms with Gasteiger partial charge in [0.1, 0.15) is 28.5 Å². The number of imide groups is 1. The van der Waals surface area contributed by atoms with E-state index in [4.69, 9.17) is 34.5 Å². The third-order valence-corrected chi connectivity index (χ3v) is 9.38. The second-order valence-electron chi connectivity index (χ2n) is 21.2. The molecule has 0 spiro atoms. The Hall–Kier alpha value is -6.95. The van der Waals surface area contributed by atoms with Gasteiger partial charge in [-0.15, -0.1) is 25.3 Å². The predicted octanol–water partition coefficient (Wildman–Crippen LogP) is 14.7. The van der Waals surface area contributed by atoms with Crippen LogP contribution >= 0.6 is 12.4 Å². The van der Waals surface area contributed by atoms with Gasteiger partial charge in [0.2, 0.25) is 11.8 Å². The fourth-order valence-electron chi connectivity index (χ4n) is 6.57. The Balaban J connectivity index is 0. The van der Waals surface area contributed by atoms with Gasteiger partial charge in [0.05, 0.1) is 41.5 Å². The summed E-state index contributed by atoms with van der Waals surface area (Å²) in [5.41, 5.74) is 4.11.